The molecule has 0 saturated heterocycles. The molecule has 7 rings (SSSR count). The molecule has 5 heteroatoms. The van der Waals surface area contributed by atoms with Crippen LogP contribution in [0.2, 0.25) is 0 Å². The molecule has 0 aliphatic carbocycles. The normalized spacial score (nSPS) is 11.0. The number of hydrogen-bond donors (Lipinski definition) is 0. The van der Waals surface area contributed by atoms with Gasteiger partial charge in [-0.25, -0.2) is 15.0 Å². The Labute approximate surface area is 257 Å². The number of hydrogen-bond acceptors (Lipinski definition) is 5. The number of nitrogens with zero attached hydrogens (tertiary/aromatic N) is 5. The third kappa shape index (κ3) is 5.76. The smallest absolute Gasteiger partial charge is 0.0900 e. The lowest BCUT2D eigenvalue weighted by atomic mass is 10.0. The first-order valence-electron chi connectivity index (χ1n) is 14.6. The summed E-state index contributed by atoms with van der Waals surface area (Å²) in [6.45, 7) is 4.19. The second kappa shape index (κ2) is 11.8. The SMILES string of the molecule is Cc1ccc(-c2cc(-c3ccccn3)nc(-c3cccc(-c4cc(-c5ccc(C)cc5)cc(-c5ccccn5)n4)n3)c2)cc1. The number of aromatic nitrogens is 5. The minimum Gasteiger partial charge on any atom is -0.255 e. The van der Waals surface area contributed by atoms with Crippen LogP contribution in [0.5, 0.6) is 0 Å². The quantitative estimate of drug-likeness (QED) is 0.200. The van der Waals surface area contributed by atoms with Gasteiger partial charge in [-0.15, -0.1) is 0 Å². The van der Waals surface area contributed by atoms with Crippen molar-refractivity contribution in [3.8, 4) is 67.8 Å². The number of benzene rings is 2. The van der Waals surface area contributed by atoms with Gasteiger partial charge >= 0.3 is 0 Å². The number of pyridine rings is 5. The molecule has 210 valence electrons. The molecule has 0 bridgehead atoms. The van der Waals surface area contributed by atoms with Gasteiger partial charge in [0.05, 0.1) is 45.6 Å². The second-order valence-corrected chi connectivity index (χ2v) is 10.8. The van der Waals surface area contributed by atoms with Gasteiger partial charge in [-0.1, -0.05) is 77.9 Å². The van der Waals surface area contributed by atoms with Crippen molar-refractivity contribution < 1.29 is 0 Å². The fourth-order valence-electron chi connectivity index (χ4n) is 5.16. The highest BCUT2D eigenvalue weighted by Gasteiger charge is 2.14. The number of aryl methyl sites for hydroxylation is 2. The molecule has 0 N–H and O–H groups in total. The minimum absolute atomic E-state index is 0.760. The Hall–Kier alpha value is -5.81. The molecule has 5 heterocycles. The lowest BCUT2D eigenvalue weighted by molar-refractivity contribution is 1.20. The summed E-state index contributed by atoms with van der Waals surface area (Å²) in [4.78, 5) is 24.3. The highest BCUT2D eigenvalue weighted by molar-refractivity contribution is 5.77. The Kier molecular flexibility index (Phi) is 7.27. The maximum absolute atomic E-state index is 5.11. The predicted molar refractivity (Wildman–Crippen MR) is 178 cm³/mol. The first-order valence-corrected chi connectivity index (χ1v) is 14.6. The third-order valence-electron chi connectivity index (χ3n) is 7.55. The van der Waals surface area contributed by atoms with E-state index in [0.29, 0.717) is 0 Å². The largest absolute Gasteiger partial charge is 0.255 e. The van der Waals surface area contributed by atoms with E-state index in [-0.39, 0.29) is 0 Å². The molecule has 0 atom stereocenters. The van der Waals surface area contributed by atoms with Gasteiger partial charge in [0.25, 0.3) is 0 Å². The van der Waals surface area contributed by atoms with Crippen molar-refractivity contribution in [2.45, 2.75) is 13.8 Å². The molecule has 0 unspecified atom stereocenters. The van der Waals surface area contributed by atoms with Crippen molar-refractivity contribution in [1.82, 2.24) is 24.9 Å². The molecule has 44 heavy (non-hydrogen) atoms. The molecule has 0 radical (unpaired) electrons. The lowest BCUT2D eigenvalue weighted by Crippen LogP contribution is -1.97. The van der Waals surface area contributed by atoms with Crippen LogP contribution in [0.1, 0.15) is 11.1 Å². The molecule has 0 spiro atoms. The first kappa shape index (κ1) is 27.0. The van der Waals surface area contributed by atoms with E-state index in [4.69, 9.17) is 15.0 Å². The molecular formula is C39H29N5. The molecule has 5 aromatic heterocycles. The van der Waals surface area contributed by atoms with Crippen molar-refractivity contribution in [2.24, 2.45) is 0 Å². The third-order valence-corrected chi connectivity index (χ3v) is 7.55. The fraction of sp³-hybridized carbons (Fsp3) is 0.0513. The van der Waals surface area contributed by atoms with Crippen LogP contribution in [0, 0.1) is 13.8 Å². The van der Waals surface area contributed by atoms with E-state index in [0.717, 1.165) is 67.8 Å². The number of rotatable bonds is 6. The summed E-state index contributed by atoms with van der Waals surface area (Å²) in [5, 5.41) is 0. The van der Waals surface area contributed by atoms with Crippen molar-refractivity contribution in [3.63, 3.8) is 0 Å². The Morgan fingerprint density at radius 3 is 1.07 bits per heavy atom. The van der Waals surface area contributed by atoms with Crippen LogP contribution in [-0.2, 0) is 0 Å². The van der Waals surface area contributed by atoms with Gasteiger partial charge < -0.3 is 0 Å². The van der Waals surface area contributed by atoms with Crippen LogP contribution >= 0.6 is 0 Å². The van der Waals surface area contributed by atoms with E-state index in [9.17, 15) is 0 Å². The first-order chi connectivity index (χ1) is 21.6. The summed E-state index contributed by atoms with van der Waals surface area (Å²) in [5.41, 5.74) is 13.0. The molecule has 0 amide bonds. The fourth-order valence-corrected chi connectivity index (χ4v) is 5.16. The topological polar surface area (TPSA) is 64.5 Å². The average molecular weight is 568 g/mol. The Morgan fingerprint density at radius 1 is 0.318 bits per heavy atom. The van der Waals surface area contributed by atoms with Crippen LogP contribution in [-0.4, -0.2) is 24.9 Å². The molecule has 2 aromatic carbocycles. The summed E-state index contributed by atoms with van der Waals surface area (Å²) < 4.78 is 0. The Balaban J connectivity index is 1.37. The molecule has 0 aliphatic rings. The summed E-state index contributed by atoms with van der Waals surface area (Å²) >= 11 is 0. The van der Waals surface area contributed by atoms with E-state index in [1.54, 1.807) is 12.4 Å². The Morgan fingerprint density at radius 2 is 0.682 bits per heavy atom. The molecule has 0 aliphatic heterocycles. The minimum atomic E-state index is 0.760. The predicted octanol–water partition coefficient (Wildman–Crippen LogP) is 9.28. The van der Waals surface area contributed by atoms with E-state index < -0.39 is 0 Å². The van der Waals surface area contributed by atoms with Gasteiger partial charge in [0, 0.05) is 12.4 Å². The standard InChI is InChI=1S/C39H29N5/c1-26-12-16-28(17-13-26)30-22-36(32-8-3-5-20-40-32)43-38(24-30)34-10-7-11-35(42-34)39-25-31(29-18-14-27(2)15-19-29)23-37(44-39)33-9-4-6-21-41-33/h3-25H,1-2H3. The summed E-state index contributed by atoms with van der Waals surface area (Å²) in [5.74, 6) is 0. The van der Waals surface area contributed by atoms with Gasteiger partial charge in [-0.3, -0.25) is 9.97 Å². The van der Waals surface area contributed by atoms with Gasteiger partial charge in [0.1, 0.15) is 0 Å². The van der Waals surface area contributed by atoms with Gasteiger partial charge in [0.15, 0.2) is 0 Å². The van der Waals surface area contributed by atoms with E-state index in [1.165, 1.54) is 11.1 Å². The molecule has 0 fully saturated rings. The van der Waals surface area contributed by atoms with Crippen LogP contribution < -0.4 is 0 Å². The molecule has 5 nitrogen and oxygen atoms in total. The highest BCUT2D eigenvalue weighted by atomic mass is 14.9. The zero-order valence-corrected chi connectivity index (χ0v) is 24.5. The second-order valence-electron chi connectivity index (χ2n) is 10.8. The zero-order chi connectivity index (χ0) is 29.9. The molecule has 7 aromatic rings. The van der Waals surface area contributed by atoms with Gasteiger partial charge in [-0.05, 0) is 96.8 Å². The lowest BCUT2D eigenvalue weighted by Gasteiger charge is -2.12. The molecule has 0 saturated carbocycles. The van der Waals surface area contributed by atoms with E-state index in [1.807, 2.05) is 54.6 Å². The maximum atomic E-state index is 5.11. The average Bonchev–Trinajstić information content (AvgIpc) is 3.09. The maximum Gasteiger partial charge on any atom is 0.0900 e. The van der Waals surface area contributed by atoms with Crippen LogP contribution in [0.25, 0.3) is 67.8 Å². The van der Waals surface area contributed by atoms with Crippen molar-refractivity contribution >= 4 is 0 Å². The highest BCUT2D eigenvalue weighted by Crippen LogP contribution is 2.32. The monoisotopic (exact) mass is 567 g/mol. The van der Waals surface area contributed by atoms with Crippen LogP contribution in [0.3, 0.4) is 0 Å². The van der Waals surface area contributed by atoms with Crippen LogP contribution in [0.4, 0.5) is 0 Å². The van der Waals surface area contributed by atoms with Crippen molar-refractivity contribution in [2.75, 3.05) is 0 Å². The van der Waals surface area contributed by atoms with E-state index >= 15 is 0 Å². The van der Waals surface area contributed by atoms with Crippen molar-refractivity contribution in [3.05, 3.63) is 151 Å². The van der Waals surface area contributed by atoms with Gasteiger partial charge in [0.2, 0.25) is 0 Å². The Bertz CT molecular complexity index is 1910. The van der Waals surface area contributed by atoms with Crippen molar-refractivity contribution in [1.29, 1.82) is 0 Å². The van der Waals surface area contributed by atoms with Crippen LogP contribution in [0.15, 0.2) is 140 Å². The summed E-state index contributed by atoms with van der Waals surface area (Å²) in [6, 6.07) is 43.2. The molecular weight excluding hydrogens is 538 g/mol. The summed E-state index contributed by atoms with van der Waals surface area (Å²) in [6.07, 6.45) is 3.58. The van der Waals surface area contributed by atoms with E-state index in [2.05, 4.69) is 96.6 Å². The zero-order valence-electron chi connectivity index (χ0n) is 24.5. The summed E-state index contributed by atoms with van der Waals surface area (Å²) in [7, 11) is 0. The van der Waals surface area contributed by atoms with Gasteiger partial charge in [-0.2, -0.15) is 0 Å².